The maximum Gasteiger partial charge on any atom is 0.0489 e. The van der Waals surface area contributed by atoms with Gasteiger partial charge in [-0.05, 0) is 66.9 Å². The zero-order chi connectivity index (χ0) is 13.3. The lowest BCUT2D eigenvalue weighted by Crippen LogP contribution is -2.48. The molecule has 0 aliphatic carbocycles. The van der Waals surface area contributed by atoms with Crippen molar-refractivity contribution < 1.29 is 0 Å². The zero-order valence-corrected chi connectivity index (χ0v) is 13.3. The van der Waals surface area contributed by atoms with E-state index in [0.717, 1.165) is 4.47 Å². The maximum absolute atomic E-state index is 3.72. The van der Waals surface area contributed by atoms with Crippen LogP contribution in [0.2, 0.25) is 0 Å². The summed E-state index contributed by atoms with van der Waals surface area (Å²) in [5, 5.41) is 3.72. The number of nitrogens with one attached hydrogen (secondary N) is 1. The Balaban J connectivity index is 2.11. The molecule has 0 amide bonds. The molecule has 0 bridgehead atoms. The van der Waals surface area contributed by atoms with E-state index < -0.39 is 0 Å². The molecule has 1 aromatic carbocycles. The van der Waals surface area contributed by atoms with Gasteiger partial charge in [0.05, 0.1) is 0 Å². The average Bonchev–Trinajstić information content (AvgIpc) is 2.30. The Morgan fingerprint density at radius 1 is 1.33 bits per heavy atom. The third-order valence-corrected chi connectivity index (χ3v) is 4.76. The van der Waals surface area contributed by atoms with Crippen LogP contribution in [0.1, 0.15) is 25.8 Å². The molecule has 0 spiro atoms. The van der Waals surface area contributed by atoms with Gasteiger partial charge in [0.15, 0.2) is 0 Å². The van der Waals surface area contributed by atoms with E-state index >= 15 is 0 Å². The summed E-state index contributed by atoms with van der Waals surface area (Å²) >= 11 is 3.63. The van der Waals surface area contributed by atoms with Crippen LogP contribution in [0, 0.1) is 12.8 Å². The van der Waals surface area contributed by atoms with Crippen molar-refractivity contribution in [1.29, 1.82) is 0 Å². The summed E-state index contributed by atoms with van der Waals surface area (Å²) in [5.41, 5.74) is 2.53. The Hall–Kier alpha value is -0.540. The lowest BCUT2D eigenvalue weighted by Gasteiger charge is -2.40. The van der Waals surface area contributed by atoms with E-state index in [9.17, 15) is 0 Å². The van der Waals surface area contributed by atoms with Gasteiger partial charge >= 0.3 is 0 Å². The van der Waals surface area contributed by atoms with Crippen molar-refractivity contribution in [2.24, 2.45) is 5.92 Å². The Labute approximate surface area is 119 Å². The van der Waals surface area contributed by atoms with Gasteiger partial charge in [-0.25, -0.2) is 0 Å². The molecule has 3 heteroatoms. The predicted octanol–water partition coefficient (Wildman–Crippen LogP) is 3.90. The smallest absolute Gasteiger partial charge is 0.0489 e. The van der Waals surface area contributed by atoms with Crippen molar-refractivity contribution in [2.75, 3.05) is 18.9 Å². The number of nitrogens with zero attached hydrogens (tertiary/aromatic N) is 1. The first-order valence-electron chi connectivity index (χ1n) is 6.70. The van der Waals surface area contributed by atoms with Crippen LogP contribution in [0.4, 0.5) is 5.69 Å². The largest absolute Gasteiger partial charge is 0.381 e. The molecule has 2 nitrogen and oxygen atoms in total. The number of rotatable bonds is 2. The number of piperidine rings is 1. The van der Waals surface area contributed by atoms with Crippen molar-refractivity contribution >= 4 is 21.6 Å². The van der Waals surface area contributed by atoms with Gasteiger partial charge in [0.2, 0.25) is 0 Å². The van der Waals surface area contributed by atoms with Crippen molar-refractivity contribution in [3.8, 4) is 0 Å². The number of anilines is 1. The summed E-state index contributed by atoms with van der Waals surface area (Å²) < 4.78 is 1.16. The summed E-state index contributed by atoms with van der Waals surface area (Å²) in [5.74, 6) is 0.679. The summed E-state index contributed by atoms with van der Waals surface area (Å²) in [6.07, 6.45) is 1.21. The van der Waals surface area contributed by atoms with Crippen molar-refractivity contribution in [3.05, 3.63) is 28.2 Å². The zero-order valence-electron chi connectivity index (χ0n) is 11.7. The Bertz CT molecular complexity index is 419. The molecule has 100 valence electrons. The second kappa shape index (κ2) is 5.62. The molecule has 0 radical (unpaired) electrons. The van der Waals surface area contributed by atoms with Gasteiger partial charge in [-0.1, -0.05) is 13.0 Å². The Morgan fingerprint density at radius 2 is 2.06 bits per heavy atom. The van der Waals surface area contributed by atoms with E-state index in [2.05, 4.69) is 72.2 Å². The minimum atomic E-state index is 0.564. The van der Waals surface area contributed by atoms with E-state index in [4.69, 9.17) is 0 Å². The van der Waals surface area contributed by atoms with E-state index in [-0.39, 0.29) is 0 Å². The van der Waals surface area contributed by atoms with Crippen LogP contribution in [-0.2, 0) is 0 Å². The third-order valence-electron chi connectivity index (χ3n) is 4.07. The highest BCUT2D eigenvalue weighted by Gasteiger charge is 2.28. The van der Waals surface area contributed by atoms with E-state index in [1.165, 1.54) is 24.2 Å². The number of benzene rings is 1. The number of halogens is 1. The minimum absolute atomic E-state index is 0.564. The van der Waals surface area contributed by atoms with Crippen molar-refractivity contribution in [1.82, 2.24) is 4.90 Å². The molecule has 0 saturated carbocycles. The molecular weight excluding hydrogens is 288 g/mol. The summed E-state index contributed by atoms with van der Waals surface area (Å²) in [4.78, 5) is 2.45. The van der Waals surface area contributed by atoms with Crippen LogP contribution in [0.25, 0.3) is 0 Å². The van der Waals surface area contributed by atoms with Crippen LogP contribution in [0.5, 0.6) is 0 Å². The lowest BCUT2D eigenvalue weighted by atomic mass is 9.89. The Kier molecular flexibility index (Phi) is 4.33. The van der Waals surface area contributed by atoms with Gasteiger partial charge in [-0.3, -0.25) is 0 Å². The fourth-order valence-corrected chi connectivity index (χ4v) is 3.05. The molecule has 1 aliphatic rings. The predicted molar refractivity (Wildman–Crippen MR) is 82.2 cm³/mol. The molecule has 3 atom stereocenters. The van der Waals surface area contributed by atoms with Crippen LogP contribution in [-0.4, -0.2) is 30.6 Å². The molecule has 1 heterocycles. The van der Waals surface area contributed by atoms with Crippen LogP contribution < -0.4 is 5.32 Å². The molecule has 1 N–H and O–H groups in total. The molecular formula is C15H23BrN2. The average molecular weight is 311 g/mol. The second-order valence-corrected chi connectivity index (χ2v) is 6.59. The lowest BCUT2D eigenvalue weighted by molar-refractivity contribution is 0.145. The van der Waals surface area contributed by atoms with Crippen LogP contribution >= 0.6 is 15.9 Å². The van der Waals surface area contributed by atoms with Crippen LogP contribution in [0.15, 0.2) is 22.7 Å². The Morgan fingerprint density at radius 3 is 2.78 bits per heavy atom. The minimum Gasteiger partial charge on any atom is -0.381 e. The quantitative estimate of drug-likeness (QED) is 0.891. The standard InChI is InChI=1S/C15H23BrN2/c1-10-5-6-13(16)15(7-10)17-14-8-12(3)18(4)9-11(14)2/h5-7,11-12,14,17H,8-9H2,1-4H3. The van der Waals surface area contributed by atoms with Crippen LogP contribution in [0.3, 0.4) is 0 Å². The van der Waals surface area contributed by atoms with Crippen molar-refractivity contribution in [2.45, 2.75) is 39.3 Å². The molecule has 1 fully saturated rings. The normalized spacial score (nSPS) is 29.3. The summed E-state index contributed by atoms with van der Waals surface area (Å²) in [6.45, 7) is 7.95. The SMILES string of the molecule is Cc1ccc(Br)c(NC2CC(C)N(C)CC2C)c1. The maximum atomic E-state index is 3.72. The summed E-state index contributed by atoms with van der Waals surface area (Å²) in [6, 6.07) is 7.70. The number of hydrogen-bond donors (Lipinski definition) is 1. The second-order valence-electron chi connectivity index (χ2n) is 5.74. The first-order chi connectivity index (χ1) is 8.47. The van der Waals surface area contributed by atoms with Crippen molar-refractivity contribution in [3.63, 3.8) is 0 Å². The molecule has 1 aliphatic heterocycles. The van der Waals surface area contributed by atoms with Gasteiger partial charge in [0.25, 0.3) is 0 Å². The molecule has 3 unspecified atom stereocenters. The highest BCUT2D eigenvalue weighted by atomic mass is 79.9. The monoisotopic (exact) mass is 310 g/mol. The first-order valence-corrected chi connectivity index (χ1v) is 7.49. The van der Waals surface area contributed by atoms with Gasteiger partial charge in [-0.15, -0.1) is 0 Å². The van der Waals surface area contributed by atoms with E-state index in [1.54, 1.807) is 0 Å². The molecule has 2 rings (SSSR count). The van der Waals surface area contributed by atoms with E-state index in [1.807, 2.05) is 0 Å². The number of hydrogen-bond acceptors (Lipinski definition) is 2. The first kappa shape index (κ1) is 13.9. The molecule has 0 aromatic heterocycles. The van der Waals surface area contributed by atoms with Gasteiger partial charge in [-0.2, -0.15) is 0 Å². The molecule has 1 aromatic rings. The summed E-state index contributed by atoms with van der Waals surface area (Å²) in [7, 11) is 2.22. The third kappa shape index (κ3) is 3.07. The van der Waals surface area contributed by atoms with Gasteiger partial charge in [0.1, 0.15) is 0 Å². The van der Waals surface area contributed by atoms with Gasteiger partial charge in [0, 0.05) is 28.8 Å². The fourth-order valence-electron chi connectivity index (χ4n) is 2.69. The topological polar surface area (TPSA) is 15.3 Å². The highest BCUT2D eigenvalue weighted by Crippen LogP contribution is 2.29. The highest BCUT2D eigenvalue weighted by molar-refractivity contribution is 9.10. The number of aryl methyl sites for hydroxylation is 1. The van der Waals surface area contributed by atoms with Gasteiger partial charge < -0.3 is 10.2 Å². The van der Waals surface area contributed by atoms with E-state index in [0.29, 0.717) is 18.0 Å². The molecule has 1 saturated heterocycles. The number of likely N-dealkylation sites (tertiary alicyclic amines) is 1. The molecule has 18 heavy (non-hydrogen) atoms. The fraction of sp³-hybridized carbons (Fsp3) is 0.600.